The van der Waals surface area contributed by atoms with Crippen LogP contribution < -0.4 is 20.4 Å². The quantitative estimate of drug-likeness (QED) is 0.177. The summed E-state index contributed by atoms with van der Waals surface area (Å²) in [6, 6.07) is 14.0. The van der Waals surface area contributed by atoms with Crippen LogP contribution in [0.1, 0.15) is 127 Å². The van der Waals surface area contributed by atoms with Crippen LogP contribution in [0, 0.1) is 10.8 Å². The summed E-state index contributed by atoms with van der Waals surface area (Å²) in [5.74, 6) is 1.23. The lowest BCUT2D eigenvalue weighted by molar-refractivity contribution is -0.147. The van der Waals surface area contributed by atoms with Crippen LogP contribution in [0.15, 0.2) is 48.9 Å². The highest BCUT2D eigenvalue weighted by molar-refractivity contribution is 6.09. The number of rotatable bonds is 9. The highest BCUT2D eigenvalue weighted by Crippen LogP contribution is 2.53. The summed E-state index contributed by atoms with van der Waals surface area (Å²) in [6.45, 7) is 13.9. The first kappa shape index (κ1) is 46.7. The summed E-state index contributed by atoms with van der Waals surface area (Å²) in [5.41, 5.74) is 5.51. The van der Waals surface area contributed by atoms with Crippen molar-refractivity contribution >= 4 is 58.0 Å². The molecule has 13 rings (SSSR count). The molecule has 1 unspecified atom stereocenters. The average molecular weight is 991 g/mol. The van der Waals surface area contributed by atoms with Gasteiger partial charge in [-0.2, -0.15) is 0 Å². The van der Waals surface area contributed by atoms with E-state index in [1.807, 2.05) is 33.2 Å². The van der Waals surface area contributed by atoms with Gasteiger partial charge in [0.25, 0.3) is 0 Å². The Bertz CT molecular complexity index is 2870. The zero-order valence-electron chi connectivity index (χ0n) is 42.8. The van der Waals surface area contributed by atoms with Gasteiger partial charge in [0.05, 0.1) is 28.9 Å². The number of anilines is 3. The van der Waals surface area contributed by atoms with E-state index < -0.39 is 10.8 Å². The molecule has 384 valence electrons. The Hall–Kier alpha value is -6.10. The van der Waals surface area contributed by atoms with Crippen LogP contribution in [-0.4, -0.2) is 152 Å². The fourth-order valence-electron chi connectivity index (χ4n) is 14.0. The van der Waals surface area contributed by atoms with Crippen molar-refractivity contribution in [3.63, 3.8) is 0 Å². The number of carbonyl (C=O) groups excluding carboxylic acids is 5. The monoisotopic (exact) mass is 991 g/mol. The van der Waals surface area contributed by atoms with E-state index in [4.69, 9.17) is 9.97 Å². The van der Waals surface area contributed by atoms with Gasteiger partial charge in [0.15, 0.2) is 5.82 Å². The van der Waals surface area contributed by atoms with Gasteiger partial charge in [0.1, 0.15) is 11.3 Å². The number of nitrogens with zero attached hydrogens (tertiary/aromatic N) is 10. The average Bonchev–Trinajstić information content (AvgIpc) is 4.02. The van der Waals surface area contributed by atoms with Gasteiger partial charge < -0.3 is 39.3 Å². The maximum Gasteiger partial charge on any atom is 0.320 e. The van der Waals surface area contributed by atoms with Crippen molar-refractivity contribution < 1.29 is 24.0 Å². The maximum absolute atomic E-state index is 15.3. The minimum Gasteiger partial charge on any atom is -0.366 e. The van der Waals surface area contributed by atoms with Gasteiger partial charge in [0, 0.05) is 111 Å². The summed E-state index contributed by atoms with van der Waals surface area (Å²) in [5, 5.41) is 6.14. The van der Waals surface area contributed by atoms with E-state index in [1.54, 1.807) is 6.20 Å². The first-order chi connectivity index (χ1) is 35.3. The molecule has 1 aromatic carbocycles. The van der Waals surface area contributed by atoms with Crippen LogP contribution in [0.25, 0.3) is 22.3 Å². The molecule has 2 saturated carbocycles. The highest BCUT2D eigenvalue weighted by Gasteiger charge is 2.58. The first-order valence-electron chi connectivity index (χ1n) is 27.5. The third kappa shape index (κ3) is 7.96. The predicted molar refractivity (Wildman–Crippen MR) is 277 cm³/mol. The highest BCUT2D eigenvalue weighted by atomic mass is 16.2. The fourth-order valence-corrected chi connectivity index (χ4v) is 14.0. The number of likely N-dealkylation sites (tertiary alicyclic amines) is 4. The molecule has 1 atom stereocenters. The van der Waals surface area contributed by atoms with E-state index in [2.05, 4.69) is 79.9 Å². The van der Waals surface area contributed by atoms with E-state index in [9.17, 15) is 19.2 Å². The molecule has 3 aromatic heterocycles. The molecular formula is C56H70N12O5. The number of benzene rings is 1. The van der Waals surface area contributed by atoms with Crippen LogP contribution in [0.3, 0.4) is 0 Å². The second-order valence-corrected chi connectivity index (χ2v) is 24.0. The van der Waals surface area contributed by atoms with E-state index in [0.717, 1.165) is 103 Å². The second-order valence-electron chi connectivity index (χ2n) is 24.0. The Balaban J connectivity index is 0.656. The Kier molecular flexibility index (Phi) is 11.2. The lowest BCUT2D eigenvalue weighted by Gasteiger charge is -2.61. The molecule has 73 heavy (non-hydrogen) atoms. The Morgan fingerprint density at radius 3 is 2.22 bits per heavy atom. The Labute approximate surface area is 427 Å². The number of amides is 6. The van der Waals surface area contributed by atoms with Gasteiger partial charge in [0.2, 0.25) is 23.6 Å². The molecule has 6 amide bonds. The number of imide groups is 1. The first-order valence-corrected chi connectivity index (χ1v) is 27.5. The SMILES string of the molecule is CC(C)n1cnc2cc(-c3ccc4c(c3)N([C@H]3C[C@@H](N5CCCCC5)C3)C(=O)C43CCN(C(=O)C4(C)CCN(C(=O)N5CC6(C5)CN(c5ccc(C7CCC(=O)NC7=O)cn5)C6)CC4)CC3)nc(NC3CC3)c21. The summed E-state index contributed by atoms with van der Waals surface area (Å²) in [7, 11) is 0. The van der Waals surface area contributed by atoms with Crippen molar-refractivity contribution in [2.75, 3.05) is 80.6 Å². The third-order valence-electron chi connectivity index (χ3n) is 18.8. The molecule has 10 heterocycles. The molecule has 17 nitrogen and oxygen atoms in total. The third-order valence-corrected chi connectivity index (χ3v) is 18.8. The molecule has 2 spiro atoms. The van der Waals surface area contributed by atoms with Crippen molar-refractivity contribution in [1.82, 2.24) is 44.4 Å². The number of imidazole rings is 1. The molecule has 0 bridgehead atoms. The molecule has 2 aliphatic carbocycles. The molecular weight excluding hydrogens is 921 g/mol. The minimum atomic E-state index is -0.686. The lowest BCUT2D eigenvalue weighted by Crippen LogP contribution is -2.74. The number of pyridine rings is 2. The van der Waals surface area contributed by atoms with Gasteiger partial charge in [-0.1, -0.05) is 31.5 Å². The molecule has 8 fully saturated rings. The van der Waals surface area contributed by atoms with Gasteiger partial charge in [-0.3, -0.25) is 24.5 Å². The smallest absolute Gasteiger partial charge is 0.320 e. The summed E-state index contributed by atoms with van der Waals surface area (Å²) < 4.78 is 2.20. The molecule has 6 saturated heterocycles. The van der Waals surface area contributed by atoms with Crippen molar-refractivity contribution in [3.05, 3.63) is 60.0 Å². The molecule has 17 heteroatoms. The Morgan fingerprint density at radius 1 is 0.795 bits per heavy atom. The number of hydrogen-bond acceptors (Lipinski definition) is 11. The van der Waals surface area contributed by atoms with Crippen LogP contribution in [0.5, 0.6) is 0 Å². The fraction of sp³-hybridized carbons (Fsp3) is 0.607. The summed E-state index contributed by atoms with van der Waals surface area (Å²) >= 11 is 0. The minimum absolute atomic E-state index is 0.0543. The number of hydrogen-bond donors (Lipinski definition) is 2. The largest absolute Gasteiger partial charge is 0.366 e. The Morgan fingerprint density at radius 2 is 1.53 bits per heavy atom. The van der Waals surface area contributed by atoms with Gasteiger partial charge in [-0.15, -0.1) is 0 Å². The molecule has 7 aliphatic heterocycles. The normalized spacial score (nSPS) is 26.5. The van der Waals surface area contributed by atoms with Gasteiger partial charge in [-0.05, 0) is 127 Å². The summed E-state index contributed by atoms with van der Waals surface area (Å²) in [4.78, 5) is 95.4. The van der Waals surface area contributed by atoms with E-state index >= 15 is 4.79 Å². The number of piperidine rings is 4. The topological polar surface area (TPSA) is 172 Å². The molecule has 9 aliphatic rings. The van der Waals surface area contributed by atoms with E-state index in [0.29, 0.717) is 89.9 Å². The molecule has 2 N–H and O–H groups in total. The zero-order valence-corrected chi connectivity index (χ0v) is 42.8. The van der Waals surface area contributed by atoms with Gasteiger partial charge >= 0.3 is 6.03 Å². The predicted octanol–water partition coefficient (Wildman–Crippen LogP) is 6.44. The zero-order chi connectivity index (χ0) is 50.0. The van der Waals surface area contributed by atoms with Crippen molar-refractivity contribution in [3.8, 4) is 11.3 Å². The van der Waals surface area contributed by atoms with E-state index in [-0.39, 0.29) is 53.1 Å². The number of carbonyl (C=O) groups is 5. The maximum atomic E-state index is 15.3. The van der Waals surface area contributed by atoms with Crippen molar-refractivity contribution in [2.45, 2.75) is 140 Å². The van der Waals surface area contributed by atoms with Crippen LogP contribution >= 0.6 is 0 Å². The molecule has 4 aromatic rings. The lowest BCUT2D eigenvalue weighted by atomic mass is 9.72. The number of fused-ring (bicyclic) bond motifs is 3. The van der Waals surface area contributed by atoms with E-state index in [1.165, 1.54) is 19.3 Å². The molecule has 0 radical (unpaired) electrons. The van der Waals surface area contributed by atoms with Gasteiger partial charge in [-0.25, -0.2) is 19.7 Å². The number of urea groups is 1. The standard InChI is InChI=1S/C56H70N12O5/c1-35(2)67-34-58-44-28-43(60-49(48(44)67)59-38-9-10-38)36-7-12-42-45(25-36)68(40-26-39(27-40)62-19-5-4-6-20-62)52(72)56(42)17-23-63(24-18-56)51(71)54(3)15-21-64(22-16-54)53(73)66-32-55(33-66)30-65(31-55)46-13-8-37(29-57-46)41-11-14-47(69)61-50(41)70/h7-8,12-13,25,28-29,34-35,38-41H,4-6,9-11,14-24,26-27,30-33H2,1-3H3,(H,59,60)(H,61,69,70)/t39-,40+,41?. The number of aromatic nitrogens is 4. The van der Waals surface area contributed by atoms with Crippen molar-refractivity contribution in [1.29, 1.82) is 0 Å². The van der Waals surface area contributed by atoms with Crippen LogP contribution in [0.2, 0.25) is 0 Å². The van der Waals surface area contributed by atoms with Crippen LogP contribution in [-0.2, 0) is 24.6 Å². The summed E-state index contributed by atoms with van der Waals surface area (Å²) in [6.07, 6.45) is 15.0. The second kappa shape index (κ2) is 17.5. The number of nitrogens with one attached hydrogen (secondary N) is 2. The van der Waals surface area contributed by atoms with Crippen LogP contribution in [0.4, 0.5) is 22.1 Å². The van der Waals surface area contributed by atoms with Crippen molar-refractivity contribution in [2.24, 2.45) is 10.8 Å².